The van der Waals surface area contributed by atoms with Gasteiger partial charge >= 0.3 is 0 Å². The lowest BCUT2D eigenvalue weighted by Crippen LogP contribution is -2.45. The highest BCUT2D eigenvalue weighted by Gasteiger charge is 2.19. The average molecular weight is 259 g/mol. The highest BCUT2D eigenvalue weighted by molar-refractivity contribution is 5.33. The summed E-state index contributed by atoms with van der Waals surface area (Å²) in [7, 11) is 3.79. The quantitative estimate of drug-likeness (QED) is 0.822. The Balaban J connectivity index is 2.01. The van der Waals surface area contributed by atoms with Gasteiger partial charge in [-0.25, -0.2) is 0 Å². The predicted octanol–water partition coefficient (Wildman–Crippen LogP) is 1.55. The first-order valence-corrected chi connectivity index (χ1v) is 6.67. The number of nitrogens with zero attached hydrogens (tertiary/aromatic N) is 3. The monoisotopic (exact) mass is 259 g/mol. The molecule has 1 aromatic carbocycles. The Bertz CT molecular complexity index is 447. The molecule has 0 aliphatic carbocycles. The summed E-state index contributed by atoms with van der Waals surface area (Å²) in [5.74, 6) is 0.731. The van der Waals surface area contributed by atoms with Crippen LogP contribution in [0.3, 0.4) is 0 Å². The summed E-state index contributed by atoms with van der Waals surface area (Å²) in [4.78, 5) is 4.69. The number of likely N-dealkylation sites (N-methyl/N-ethyl adjacent to an activating group) is 1. The highest BCUT2D eigenvalue weighted by atomic mass is 16.5. The molecule has 1 atom stereocenters. The van der Waals surface area contributed by atoms with Gasteiger partial charge in [-0.1, -0.05) is 12.1 Å². The van der Waals surface area contributed by atoms with Crippen molar-refractivity contribution in [1.29, 1.82) is 5.26 Å². The summed E-state index contributed by atoms with van der Waals surface area (Å²) < 4.78 is 5.22. The highest BCUT2D eigenvalue weighted by Crippen LogP contribution is 2.21. The third kappa shape index (κ3) is 3.69. The van der Waals surface area contributed by atoms with E-state index in [0.717, 1.165) is 44.0 Å². The van der Waals surface area contributed by atoms with Crippen molar-refractivity contribution in [1.82, 2.24) is 9.80 Å². The topological polar surface area (TPSA) is 39.5 Å². The van der Waals surface area contributed by atoms with Gasteiger partial charge < -0.3 is 9.64 Å². The first-order chi connectivity index (χ1) is 9.22. The summed E-state index contributed by atoms with van der Waals surface area (Å²) in [6.45, 7) is 5.04. The van der Waals surface area contributed by atoms with Gasteiger partial charge in [0.15, 0.2) is 0 Å². The Hall–Kier alpha value is -1.57. The van der Waals surface area contributed by atoms with Crippen molar-refractivity contribution < 1.29 is 4.74 Å². The summed E-state index contributed by atoms with van der Waals surface area (Å²) in [6, 6.07) is 10.2. The predicted molar refractivity (Wildman–Crippen MR) is 75.3 cm³/mol. The van der Waals surface area contributed by atoms with Gasteiger partial charge in [0.1, 0.15) is 5.75 Å². The van der Waals surface area contributed by atoms with Crippen molar-refractivity contribution in [3.8, 4) is 11.8 Å². The van der Waals surface area contributed by atoms with E-state index in [1.165, 1.54) is 0 Å². The van der Waals surface area contributed by atoms with Crippen molar-refractivity contribution in [3.05, 3.63) is 29.8 Å². The minimum absolute atomic E-state index is 0.0847. The maximum Gasteiger partial charge on any atom is 0.119 e. The first-order valence-electron chi connectivity index (χ1n) is 6.67. The van der Waals surface area contributed by atoms with Crippen LogP contribution in [0.2, 0.25) is 0 Å². The van der Waals surface area contributed by atoms with E-state index in [2.05, 4.69) is 22.9 Å². The standard InChI is InChI=1S/C15H21N3O/c1-17-6-8-18(9-7-17)12-14(11-16)13-4-3-5-15(10-13)19-2/h3-5,10,14H,6-9,12H2,1-2H3. The Morgan fingerprint density at radius 2 is 2.05 bits per heavy atom. The van der Waals surface area contributed by atoms with Gasteiger partial charge in [-0.2, -0.15) is 5.26 Å². The van der Waals surface area contributed by atoms with Gasteiger partial charge in [0.05, 0.1) is 19.1 Å². The largest absolute Gasteiger partial charge is 0.497 e. The molecule has 0 spiro atoms. The normalized spacial score (nSPS) is 18.8. The molecule has 0 N–H and O–H groups in total. The van der Waals surface area contributed by atoms with Crippen LogP contribution in [0.5, 0.6) is 5.75 Å². The van der Waals surface area contributed by atoms with Gasteiger partial charge in [-0.15, -0.1) is 0 Å². The summed E-state index contributed by atoms with van der Waals surface area (Å²) in [5.41, 5.74) is 1.04. The van der Waals surface area contributed by atoms with Crippen LogP contribution < -0.4 is 4.74 Å². The maximum atomic E-state index is 9.40. The van der Waals surface area contributed by atoms with Crippen LogP contribution in [0.4, 0.5) is 0 Å². The van der Waals surface area contributed by atoms with Crippen LogP contribution in [0, 0.1) is 11.3 Å². The molecule has 19 heavy (non-hydrogen) atoms. The summed E-state index contributed by atoms with van der Waals surface area (Å²) in [6.07, 6.45) is 0. The molecule has 1 fully saturated rings. The second-order valence-electron chi connectivity index (χ2n) is 5.06. The van der Waals surface area contributed by atoms with E-state index in [-0.39, 0.29) is 5.92 Å². The molecule has 1 unspecified atom stereocenters. The second kappa shape index (κ2) is 6.55. The van der Waals surface area contributed by atoms with E-state index in [0.29, 0.717) is 0 Å². The van der Waals surface area contributed by atoms with Crippen LogP contribution >= 0.6 is 0 Å². The Morgan fingerprint density at radius 1 is 1.32 bits per heavy atom. The summed E-state index contributed by atoms with van der Waals surface area (Å²) >= 11 is 0. The SMILES string of the molecule is COc1cccc(C(C#N)CN2CCN(C)CC2)c1. The summed E-state index contributed by atoms with van der Waals surface area (Å²) in [5, 5.41) is 9.40. The Kier molecular flexibility index (Phi) is 4.78. The number of benzene rings is 1. The minimum Gasteiger partial charge on any atom is -0.497 e. The molecule has 1 aromatic rings. The van der Waals surface area contributed by atoms with E-state index in [1.807, 2.05) is 24.3 Å². The van der Waals surface area contributed by atoms with Crippen molar-refractivity contribution in [3.63, 3.8) is 0 Å². The van der Waals surface area contributed by atoms with Gasteiger partial charge in [-0.3, -0.25) is 4.90 Å². The molecule has 4 nitrogen and oxygen atoms in total. The fourth-order valence-corrected chi connectivity index (χ4v) is 2.37. The zero-order valence-corrected chi connectivity index (χ0v) is 11.7. The molecule has 4 heteroatoms. The lowest BCUT2D eigenvalue weighted by atomic mass is 9.99. The zero-order chi connectivity index (χ0) is 13.7. The molecule has 1 aliphatic heterocycles. The average Bonchev–Trinajstić information content (AvgIpc) is 2.46. The Morgan fingerprint density at radius 3 is 2.68 bits per heavy atom. The molecule has 0 aromatic heterocycles. The molecule has 102 valence electrons. The van der Waals surface area contributed by atoms with Gasteiger partial charge in [0.25, 0.3) is 0 Å². The third-order valence-electron chi connectivity index (χ3n) is 3.69. The van der Waals surface area contributed by atoms with Crippen molar-refractivity contribution in [2.45, 2.75) is 5.92 Å². The van der Waals surface area contributed by atoms with Crippen LogP contribution in [0.25, 0.3) is 0 Å². The molecule has 0 radical (unpaired) electrons. The lowest BCUT2D eigenvalue weighted by Gasteiger charge is -2.33. The Labute approximate surface area is 115 Å². The van der Waals surface area contributed by atoms with E-state index >= 15 is 0 Å². The van der Waals surface area contributed by atoms with Crippen LogP contribution in [-0.2, 0) is 0 Å². The molecule has 2 rings (SSSR count). The van der Waals surface area contributed by atoms with E-state index in [9.17, 15) is 5.26 Å². The van der Waals surface area contributed by atoms with Gasteiger partial charge in [0.2, 0.25) is 0 Å². The van der Waals surface area contributed by atoms with Crippen molar-refractivity contribution in [2.75, 3.05) is 46.9 Å². The number of methoxy groups -OCH3 is 1. The molecule has 0 saturated carbocycles. The maximum absolute atomic E-state index is 9.40. The number of hydrogen-bond acceptors (Lipinski definition) is 4. The van der Waals surface area contributed by atoms with Crippen LogP contribution in [0.1, 0.15) is 11.5 Å². The first kappa shape index (κ1) is 13.9. The van der Waals surface area contributed by atoms with Crippen LogP contribution in [-0.4, -0.2) is 56.7 Å². The third-order valence-corrected chi connectivity index (χ3v) is 3.69. The lowest BCUT2D eigenvalue weighted by molar-refractivity contribution is 0.152. The number of piperazine rings is 1. The smallest absolute Gasteiger partial charge is 0.119 e. The van der Waals surface area contributed by atoms with E-state index in [1.54, 1.807) is 7.11 Å². The number of rotatable bonds is 4. The second-order valence-corrected chi connectivity index (χ2v) is 5.06. The molecule has 0 amide bonds. The molecule has 1 saturated heterocycles. The van der Waals surface area contributed by atoms with Crippen molar-refractivity contribution >= 4 is 0 Å². The number of ether oxygens (including phenoxy) is 1. The fraction of sp³-hybridized carbons (Fsp3) is 0.533. The van der Waals surface area contributed by atoms with E-state index in [4.69, 9.17) is 4.74 Å². The number of hydrogen-bond donors (Lipinski definition) is 0. The van der Waals surface area contributed by atoms with Gasteiger partial charge in [-0.05, 0) is 24.7 Å². The molecule has 0 bridgehead atoms. The number of nitriles is 1. The fourth-order valence-electron chi connectivity index (χ4n) is 2.37. The van der Waals surface area contributed by atoms with Crippen molar-refractivity contribution in [2.24, 2.45) is 0 Å². The molecular formula is C15H21N3O. The van der Waals surface area contributed by atoms with E-state index < -0.39 is 0 Å². The zero-order valence-electron chi connectivity index (χ0n) is 11.7. The molecule has 1 heterocycles. The molecular weight excluding hydrogens is 238 g/mol. The van der Waals surface area contributed by atoms with Crippen LogP contribution in [0.15, 0.2) is 24.3 Å². The minimum atomic E-state index is -0.0847. The molecule has 1 aliphatic rings. The van der Waals surface area contributed by atoms with Gasteiger partial charge in [0, 0.05) is 32.7 Å².